The monoisotopic (exact) mass is 182 g/mol. The summed E-state index contributed by atoms with van der Waals surface area (Å²) < 4.78 is 7.16. The van der Waals surface area contributed by atoms with E-state index in [4.69, 9.17) is 4.74 Å². The van der Waals surface area contributed by atoms with Crippen molar-refractivity contribution in [3.63, 3.8) is 0 Å². The molecule has 72 valence electrons. The first-order valence-corrected chi connectivity index (χ1v) is 4.48. The molecule has 2 atom stereocenters. The summed E-state index contributed by atoms with van der Waals surface area (Å²) in [6.07, 6.45) is 4.15. The number of aliphatic hydroxyl groups is 1. The number of aryl methyl sites for hydroxylation is 1. The van der Waals surface area contributed by atoms with Gasteiger partial charge in [-0.2, -0.15) is 0 Å². The molecule has 0 amide bonds. The Morgan fingerprint density at radius 3 is 3.08 bits per heavy atom. The SMILES string of the molecule is Cn1cncc1CC1COCC1O. The summed E-state index contributed by atoms with van der Waals surface area (Å²) in [6, 6.07) is 0. The Morgan fingerprint density at radius 2 is 2.54 bits per heavy atom. The van der Waals surface area contributed by atoms with Crippen LogP contribution in [0, 0.1) is 5.92 Å². The molecule has 0 radical (unpaired) electrons. The molecular weight excluding hydrogens is 168 g/mol. The van der Waals surface area contributed by atoms with Crippen LogP contribution in [0.2, 0.25) is 0 Å². The molecule has 0 bridgehead atoms. The second-order valence-electron chi connectivity index (χ2n) is 3.56. The number of imidazole rings is 1. The Morgan fingerprint density at radius 1 is 1.69 bits per heavy atom. The maximum atomic E-state index is 9.52. The third-order valence-corrected chi connectivity index (χ3v) is 2.55. The first kappa shape index (κ1) is 8.72. The molecule has 0 spiro atoms. The van der Waals surface area contributed by atoms with E-state index in [9.17, 15) is 5.11 Å². The van der Waals surface area contributed by atoms with Crippen LogP contribution >= 0.6 is 0 Å². The van der Waals surface area contributed by atoms with Crippen molar-refractivity contribution in [1.82, 2.24) is 9.55 Å². The Kier molecular flexibility index (Phi) is 2.33. The van der Waals surface area contributed by atoms with Crippen molar-refractivity contribution in [2.75, 3.05) is 13.2 Å². The Hall–Kier alpha value is -0.870. The van der Waals surface area contributed by atoms with Crippen LogP contribution in [0.5, 0.6) is 0 Å². The third kappa shape index (κ3) is 1.73. The van der Waals surface area contributed by atoms with Gasteiger partial charge in [0.05, 0.1) is 25.6 Å². The van der Waals surface area contributed by atoms with Gasteiger partial charge in [0.15, 0.2) is 0 Å². The van der Waals surface area contributed by atoms with Crippen LogP contribution in [0.25, 0.3) is 0 Å². The van der Waals surface area contributed by atoms with Gasteiger partial charge in [0.2, 0.25) is 0 Å². The zero-order valence-corrected chi connectivity index (χ0v) is 7.68. The van der Waals surface area contributed by atoms with Crippen molar-refractivity contribution in [3.05, 3.63) is 18.2 Å². The number of rotatable bonds is 2. The fourth-order valence-corrected chi connectivity index (χ4v) is 1.63. The lowest BCUT2D eigenvalue weighted by atomic mass is 10.0. The molecule has 4 heteroatoms. The highest BCUT2D eigenvalue weighted by Crippen LogP contribution is 2.18. The molecule has 2 rings (SSSR count). The molecule has 1 aliphatic rings. The van der Waals surface area contributed by atoms with Gasteiger partial charge in [-0.15, -0.1) is 0 Å². The minimum atomic E-state index is -0.310. The molecule has 1 aromatic heterocycles. The van der Waals surface area contributed by atoms with Gasteiger partial charge in [0.25, 0.3) is 0 Å². The van der Waals surface area contributed by atoms with Crippen molar-refractivity contribution in [3.8, 4) is 0 Å². The number of aliphatic hydroxyl groups excluding tert-OH is 1. The molecule has 1 fully saturated rings. The minimum Gasteiger partial charge on any atom is -0.390 e. The number of hydrogen-bond acceptors (Lipinski definition) is 3. The van der Waals surface area contributed by atoms with Crippen LogP contribution in [0.1, 0.15) is 5.69 Å². The van der Waals surface area contributed by atoms with Gasteiger partial charge in [-0.05, 0) is 6.42 Å². The van der Waals surface area contributed by atoms with Crippen LogP contribution in [0.3, 0.4) is 0 Å². The van der Waals surface area contributed by atoms with Crippen LogP contribution in [0.4, 0.5) is 0 Å². The summed E-state index contributed by atoms with van der Waals surface area (Å²) in [5.41, 5.74) is 1.15. The van der Waals surface area contributed by atoms with Crippen molar-refractivity contribution in [2.24, 2.45) is 13.0 Å². The second kappa shape index (κ2) is 3.47. The Balaban J connectivity index is 2.01. The first-order chi connectivity index (χ1) is 6.27. The van der Waals surface area contributed by atoms with Gasteiger partial charge in [0.1, 0.15) is 0 Å². The second-order valence-corrected chi connectivity index (χ2v) is 3.56. The molecular formula is C9H14N2O2. The van der Waals surface area contributed by atoms with E-state index >= 15 is 0 Å². The summed E-state index contributed by atoms with van der Waals surface area (Å²) in [6.45, 7) is 1.13. The van der Waals surface area contributed by atoms with Gasteiger partial charge in [0, 0.05) is 24.9 Å². The molecule has 0 aliphatic carbocycles. The van der Waals surface area contributed by atoms with Gasteiger partial charge in [-0.1, -0.05) is 0 Å². The molecule has 4 nitrogen and oxygen atoms in total. The van der Waals surface area contributed by atoms with E-state index in [-0.39, 0.29) is 12.0 Å². The lowest BCUT2D eigenvalue weighted by Gasteiger charge is -2.11. The third-order valence-electron chi connectivity index (χ3n) is 2.55. The zero-order valence-electron chi connectivity index (χ0n) is 7.68. The summed E-state index contributed by atoms with van der Waals surface area (Å²) in [5.74, 6) is 0.232. The average Bonchev–Trinajstić information content (AvgIpc) is 2.65. The van der Waals surface area contributed by atoms with Crippen molar-refractivity contribution >= 4 is 0 Å². The largest absolute Gasteiger partial charge is 0.390 e. The minimum absolute atomic E-state index is 0.232. The molecule has 1 N–H and O–H groups in total. The molecule has 1 aliphatic heterocycles. The predicted octanol–water partition coefficient (Wildman–Crippen LogP) is -0.0301. The van der Waals surface area contributed by atoms with Gasteiger partial charge in [-0.3, -0.25) is 0 Å². The molecule has 13 heavy (non-hydrogen) atoms. The fourth-order valence-electron chi connectivity index (χ4n) is 1.63. The molecule has 1 aromatic rings. The maximum Gasteiger partial charge on any atom is 0.0945 e. The summed E-state index contributed by atoms with van der Waals surface area (Å²) in [7, 11) is 1.96. The number of aromatic nitrogens is 2. The smallest absolute Gasteiger partial charge is 0.0945 e. The summed E-state index contributed by atoms with van der Waals surface area (Å²) in [5, 5.41) is 9.52. The zero-order chi connectivity index (χ0) is 9.26. The van der Waals surface area contributed by atoms with Crippen molar-refractivity contribution in [1.29, 1.82) is 0 Å². The fraction of sp³-hybridized carbons (Fsp3) is 0.667. The Bertz CT molecular complexity index is 285. The maximum absolute atomic E-state index is 9.52. The van der Waals surface area contributed by atoms with Crippen molar-refractivity contribution < 1.29 is 9.84 Å². The lowest BCUT2D eigenvalue weighted by molar-refractivity contribution is 0.118. The highest BCUT2D eigenvalue weighted by molar-refractivity contribution is 5.00. The van der Waals surface area contributed by atoms with E-state index in [1.165, 1.54) is 0 Å². The standard InChI is InChI=1S/C9H14N2O2/c1-11-6-10-3-8(11)2-7-4-13-5-9(7)12/h3,6-7,9,12H,2,4-5H2,1H3. The molecule has 0 saturated carbocycles. The molecule has 0 aromatic carbocycles. The number of hydrogen-bond donors (Lipinski definition) is 1. The quantitative estimate of drug-likeness (QED) is 0.698. The molecule has 1 saturated heterocycles. The van der Waals surface area contributed by atoms with Gasteiger partial charge < -0.3 is 14.4 Å². The lowest BCUT2D eigenvalue weighted by Crippen LogP contribution is -2.20. The van der Waals surface area contributed by atoms with Crippen LogP contribution in [-0.4, -0.2) is 34.0 Å². The van der Waals surface area contributed by atoms with Crippen LogP contribution in [-0.2, 0) is 18.2 Å². The van der Waals surface area contributed by atoms with Gasteiger partial charge >= 0.3 is 0 Å². The topological polar surface area (TPSA) is 47.3 Å². The molecule has 2 heterocycles. The van der Waals surface area contributed by atoms with E-state index in [0.29, 0.717) is 13.2 Å². The van der Waals surface area contributed by atoms with Gasteiger partial charge in [-0.25, -0.2) is 4.98 Å². The summed E-state index contributed by atoms with van der Waals surface area (Å²) >= 11 is 0. The van der Waals surface area contributed by atoms with Crippen LogP contribution in [0.15, 0.2) is 12.5 Å². The van der Waals surface area contributed by atoms with Crippen molar-refractivity contribution in [2.45, 2.75) is 12.5 Å². The van der Waals surface area contributed by atoms with E-state index < -0.39 is 0 Å². The first-order valence-electron chi connectivity index (χ1n) is 4.48. The Labute approximate surface area is 77.2 Å². The summed E-state index contributed by atoms with van der Waals surface area (Å²) in [4.78, 5) is 4.03. The van der Waals surface area contributed by atoms with E-state index in [1.807, 2.05) is 17.8 Å². The highest BCUT2D eigenvalue weighted by atomic mass is 16.5. The number of nitrogens with zero attached hydrogens (tertiary/aromatic N) is 2. The molecule has 2 unspecified atom stereocenters. The van der Waals surface area contributed by atoms with E-state index in [0.717, 1.165) is 12.1 Å². The van der Waals surface area contributed by atoms with E-state index in [1.54, 1.807) is 6.33 Å². The van der Waals surface area contributed by atoms with E-state index in [2.05, 4.69) is 4.98 Å². The highest BCUT2D eigenvalue weighted by Gasteiger charge is 2.26. The average molecular weight is 182 g/mol. The normalized spacial score (nSPS) is 28.2. The number of ether oxygens (including phenoxy) is 1. The van der Waals surface area contributed by atoms with Crippen LogP contribution < -0.4 is 0 Å². The predicted molar refractivity (Wildman–Crippen MR) is 47.2 cm³/mol.